The highest BCUT2D eigenvalue weighted by Gasteiger charge is 2.01. The molecular weight excluding hydrogens is 194 g/mol. The number of carbonyl (C=O) groups excluding carboxylic acids is 1. The van der Waals surface area contributed by atoms with Gasteiger partial charge in [0.05, 0.1) is 0 Å². The summed E-state index contributed by atoms with van der Waals surface area (Å²) in [5.41, 5.74) is 0. The lowest BCUT2D eigenvalue weighted by Gasteiger charge is -2.02. The Bertz CT molecular complexity index is 243. The second-order valence-corrected chi connectivity index (χ2v) is 3.26. The molecule has 0 aliphatic rings. The minimum atomic E-state index is -0.815. The number of hydrogen-bond donors (Lipinski definition) is 2. The number of aliphatic carboxylic acids is 1. The molecule has 1 amide bonds. The van der Waals surface area contributed by atoms with Gasteiger partial charge < -0.3 is 10.4 Å². The van der Waals surface area contributed by atoms with Crippen molar-refractivity contribution in [3.05, 3.63) is 0 Å². The number of carboxylic acid groups (broad SMARTS) is 1. The molecule has 0 bridgehead atoms. The number of terminal acetylenes is 1. The lowest BCUT2D eigenvalue weighted by Crippen LogP contribution is -2.23. The summed E-state index contributed by atoms with van der Waals surface area (Å²) in [6, 6.07) is 0. The van der Waals surface area contributed by atoms with E-state index in [1.807, 2.05) is 0 Å². The molecule has 0 saturated carbocycles. The molecule has 0 atom stereocenters. The van der Waals surface area contributed by atoms with E-state index in [2.05, 4.69) is 11.2 Å². The van der Waals surface area contributed by atoms with E-state index in [0.717, 1.165) is 6.42 Å². The summed E-state index contributed by atoms with van der Waals surface area (Å²) in [4.78, 5) is 21.3. The van der Waals surface area contributed by atoms with E-state index in [-0.39, 0.29) is 12.3 Å². The highest BCUT2D eigenvalue weighted by Crippen LogP contribution is 1.99. The van der Waals surface area contributed by atoms with Crippen molar-refractivity contribution in [2.24, 2.45) is 0 Å². The molecule has 0 radical (unpaired) electrons. The number of hydrogen-bond acceptors (Lipinski definition) is 2. The number of carboxylic acids is 1. The predicted octanol–water partition coefficient (Wildman–Crippen LogP) is 1.16. The van der Waals surface area contributed by atoms with E-state index in [9.17, 15) is 9.59 Å². The molecule has 0 spiro atoms. The fourth-order valence-corrected chi connectivity index (χ4v) is 1.07. The normalized spacial score (nSPS) is 9.27. The van der Waals surface area contributed by atoms with E-state index < -0.39 is 5.97 Å². The van der Waals surface area contributed by atoms with Crippen molar-refractivity contribution >= 4 is 11.9 Å². The van der Waals surface area contributed by atoms with E-state index >= 15 is 0 Å². The number of carbonyl (C=O) groups is 2. The first-order chi connectivity index (χ1) is 7.16. The summed E-state index contributed by atoms with van der Waals surface area (Å²) in [6.07, 6.45) is 8.20. The fraction of sp³-hybridized carbons (Fsp3) is 0.636. The van der Waals surface area contributed by atoms with Gasteiger partial charge in [-0.25, -0.2) is 0 Å². The Morgan fingerprint density at radius 2 is 1.87 bits per heavy atom. The molecule has 0 aromatic heterocycles. The monoisotopic (exact) mass is 211 g/mol. The van der Waals surface area contributed by atoms with Crippen LogP contribution < -0.4 is 5.32 Å². The average Bonchev–Trinajstić information content (AvgIpc) is 2.19. The number of unbranched alkanes of at least 4 members (excludes halogenated alkanes) is 2. The van der Waals surface area contributed by atoms with E-state index in [4.69, 9.17) is 11.5 Å². The molecule has 0 aromatic carbocycles. The highest BCUT2D eigenvalue weighted by atomic mass is 16.4. The lowest BCUT2D eigenvalue weighted by atomic mass is 10.2. The van der Waals surface area contributed by atoms with Gasteiger partial charge in [-0.1, -0.05) is 0 Å². The maximum absolute atomic E-state index is 11.1. The van der Waals surface area contributed by atoms with Gasteiger partial charge in [0, 0.05) is 25.8 Å². The van der Waals surface area contributed by atoms with Gasteiger partial charge in [0.15, 0.2) is 0 Å². The quantitative estimate of drug-likeness (QED) is 0.467. The first-order valence-corrected chi connectivity index (χ1v) is 5.08. The predicted molar refractivity (Wildman–Crippen MR) is 57.2 cm³/mol. The summed E-state index contributed by atoms with van der Waals surface area (Å²) >= 11 is 0. The van der Waals surface area contributed by atoms with Crippen LogP contribution in [0.1, 0.15) is 38.5 Å². The zero-order valence-corrected chi connectivity index (χ0v) is 8.79. The number of rotatable bonds is 8. The van der Waals surface area contributed by atoms with Gasteiger partial charge in [-0.05, 0) is 19.3 Å². The van der Waals surface area contributed by atoms with Crippen molar-refractivity contribution in [1.82, 2.24) is 5.32 Å². The Morgan fingerprint density at radius 3 is 2.47 bits per heavy atom. The minimum Gasteiger partial charge on any atom is -0.481 e. The zero-order valence-electron chi connectivity index (χ0n) is 8.79. The standard InChI is InChI=1S/C11H17NO3/c1-2-3-6-9-12-10(13)7-4-5-8-11(14)15/h1H,3-9H2,(H,12,13)(H,14,15). The average molecular weight is 211 g/mol. The van der Waals surface area contributed by atoms with E-state index in [1.165, 1.54) is 0 Å². The van der Waals surface area contributed by atoms with Gasteiger partial charge >= 0.3 is 5.97 Å². The molecule has 15 heavy (non-hydrogen) atoms. The molecule has 84 valence electrons. The van der Waals surface area contributed by atoms with E-state index in [1.54, 1.807) is 0 Å². The first-order valence-electron chi connectivity index (χ1n) is 5.08. The van der Waals surface area contributed by atoms with Crippen molar-refractivity contribution in [3.8, 4) is 12.3 Å². The number of nitrogens with one attached hydrogen (secondary N) is 1. The van der Waals surface area contributed by atoms with Gasteiger partial charge in [-0.3, -0.25) is 9.59 Å². The lowest BCUT2D eigenvalue weighted by molar-refractivity contribution is -0.137. The van der Waals surface area contributed by atoms with Crippen LogP contribution in [0.3, 0.4) is 0 Å². The summed E-state index contributed by atoms with van der Waals surface area (Å²) < 4.78 is 0. The van der Waals surface area contributed by atoms with Crippen LogP contribution in [0.25, 0.3) is 0 Å². The van der Waals surface area contributed by atoms with Crippen LogP contribution in [0.5, 0.6) is 0 Å². The Hall–Kier alpha value is -1.50. The van der Waals surface area contributed by atoms with Crippen molar-refractivity contribution in [2.75, 3.05) is 6.54 Å². The van der Waals surface area contributed by atoms with Crippen LogP contribution in [0.4, 0.5) is 0 Å². The second kappa shape index (κ2) is 9.07. The van der Waals surface area contributed by atoms with Crippen LogP contribution in [-0.2, 0) is 9.59 Å². The number of amides is 1. The van der Waals surface area contributed by atoms with E-state index in [0.29, 0.717) is 32.2 Å². The molecular formula is C11H17NO3. The van der Waals surface area contributed by atoms with Crippen molar-refractivity contribution in [1.29, 1.82) is 0 Å². The summed E-state index contributed by atoms with van der Waals surface area (Å²) in [5.74, 6) is 1.64. The fourth-order valence-electron chi connectivity index (χ4n) is 1.07. The largest absolute Gasteiger partial charge is 0.481 e. The smallest absolute Gasteiger partial charge is 0.303 e. The molecule has 0 saturated heterocycles. The molecule has 0 aliphatic carbocycles. The molecule has 4 nitrogen and oxygen atoms in total. The summed E-state index contributed by atoms with van der Waals surface area (Å²) in [5, 5.41) is 11.1. The first kappa shape index (κ1) is 13.5. The molecule has 0 aromatic rings. The maximum atomic E-state index is 11.1. The molecule has 2 N–H and O–H groups in total. The Labute approximate surface area is 90.1 Å². The molecule has 0 fully saturated rings. The second-order valence-electron chi connectivity index (χ2n) is 3.26. The zero-order chi connectivity index (χ0) is 11.5. The van der Waals surface area contributed by atoms with Crippen LogP contribution in [0, 0.1) is 12.3 Å². The van der Waals surface area contributed by atoms with Crippen molar-refractivity contribution in [3.63, 3.8) is 0 Å². The van der Waals surface area contributed by atoms with Crippen LogP contribution in [-0.4, -0.2) is 23.5 Å². The Balaban J connectivity index is 3.27. The summed E-state index contributed by atoms with van der Waals surface area (Å²) in [6.45, 7) is 0.599. The van der Waals surface area contributed by atoms with Gasteiger partial charge in [0.25, 0.3) is 0 Å². The molecule has 0 unspecified atom stereocenters. The van der Waals surface area contributed by atoms with Gasteiger partial charge in [-0.2, -0.15) is 0 Å². The molecule has 0 heterocycles. The highest BCUT2D eigenvalue weighted by molar-refractivity contribution is 5.75. The summed E-state index contributed by atoms with van der Waals surface area (Å²) in [7, 11) is 0. The van der Waals surface area contributed by atoms with Crippen LogP contribution in [0.15, 0.2) is 0 Å². The Morgan fingerprint density at radius 1 is 1.20 bits per heavy atom. The molecule has 4 heteroatoms. The third kappa shape index (κ3) is 10.4. The van der Waals surface area contributed by atoms with Gasteiger partial charge in [-0.15, -0.1) is 12.3 Å². The van der Waals surface area contributed by atoms with Gasteiger partial charge in [0.1, 0.15) is 0 Å². The third-order valence-corrected chi connectivity index (χ3v) is 1.86. The van der Waals surface area contributed by atoms with Crippen molar-refractivity contribution < 1.29 is 14.7 Å². The maximum Gasteiger partial charge on any atom is 0.303 e. The van der Waals surface area contributed by atoms with Crippen LogP contribution in [0.2, 0.25) is 0 Å². The minimum absolute atomic E-state index is 0.0302. The molecule has 0 rings (SSSR count). The molecule has 0 aliphatic heterocycles. The topological polar surface area (TPSA) is 66.4 Å². The third-order valence-electron chi connectivity index (χ3n) is 1.86. The Kier molecular flexibility index (Phi) is 8.16. The van der Waals surface area contributed by atoms with Gasteiger partial charge in [0.2, 0.25) is 5.91 Å². The van der Waals surface area contributed by atoms with Crippen molar-refractivity contribution in [2.45, 2.75) is 38.5 Å². The van der Waals surface area contributed by atoms with Crippen LogP contribution >= 0.6 is 0 Å². The SMILES string of the molecule is C#CCCCNC(=O)CCCCC(=O)O.